The van der Waals surface area contributed by atoms with Crippen molar-refractivity contribution in [3.05, 3.63) is 50.9 Å². The Hall–Kier alpha value is -1.32. The van der Waals surface area contributed by atoms with Crippen LogP contribution in [-0.4, -0.2) is 16.5 Å². The summed E-state index contributed by atoms with van der Waals surface area (Å²) in [4.78, 5) is 9.16. The number of aryl methyl sites for hydroxylation is 1. The predicted molar refractivity (Wildman–Crippen MR) is 89.6 cm³/mol. The van der Waals surface area contributed by atoms with Gasteiger partial charge in [0, 0.05) is 34.3 Å². The third-order valence-corrected chi connectivity index (χ3v) is 4.08. The highest BCUT2D eigenvalue weighted by atomic mass is 35.5. The molecule has 2 rings (SSSR count). The summed E-state index contributed by atoms with van der Waals surface area (Å²) < 4.78 is 0. The molecule has 0 atom stereocenters. The van der Waals surface area contributed by atoms with Crippen LogP contribution >= 0.6 is 23.2 Å². The molecule has 1 aromatic heterocycles. The first-order chi connectivity index (χ1) is 10.0. The highest BCUT2D eigenvalue weighted by molar-refractivity contribution is 6.36. The van der Waals surface area contributed by atoms with Crippen molar-refractivity contribution in [3.63, 3.8) is 0 Å². The molecule has 0 fully saturated rings. The average Bonchev–Trinajstić information content (AvgIpc) is 2.45. The van der Waals surface area contributed by atoms with Gasteiger partial charge in [-0.2, -0.15) is 0 Å². The normalized spacial score (nSPS) is 10.7. The topological polar surface area (TPSA) is 37.8 Å². The highest BCUT2D eigenvalue weighted by Gasteiger charge is 2.12. The number of halogens is 2. The van der Waals surface area contributed by atoms with E-state index in [9.17, 15) is 0 Å². The minimum Gasteiger partial charge on any atom is -0.370 e. The molecule has 0 saturated heterocycles. The summed E-state index contributed by atoms with van der Waals surface area (Å²) in [6.45, 7) is 7.04. The van der Waals surface area contributed by atoms with E-state index in [0.717, 1.165) is 41.4 Å². The lowest BCUT2D eigenvalue weighted by Gasteiger charge is -2.12. The molecule has 2 aromatic rings. The zero-order chi connectivity index (χ0) is 15.4. The first-order valence-electron chi connectivity index (χ1n) is 7.03. The molecule has 1 N–H and O–H groups in total. The van der Waals surface area contributed by atoms with E-state index in [1.54, 1.807) is 0 Å². The summed E-state index contributed by atoms with van der Waals surface area (Å²) in [5.74, 6) is 1.62. The number of nitrogens with one attached hydrogen (secondary N) is 1. The first kappa shape index (κ1) is 16.1. The van der Waals surface area contributed by atoms with Gasteiger partial charge in [-0.1, -0.05) is 36.2 Å². The van der Waals surface area contributed by atoms with E-state index in [4.69, 9.17) is 23.2 Å². The molecule has 0 aliphatic rings. The smallest absolute Gasteiger partial charge is 0.135 e. The summed E-state index contributed by atoms with van der Waals surface area (Å²) in [6, 6.07) is 5.50. The molecule has 0 radical (unpaired) electrons. The standard InChI is InChI=1S/C16H19Cl2N3/c1-4-8-19-16-10(2)11(3)20-15(21-16)9-12-13(17)6-5-7-14(12)18/h5-7H,4,8-9H2,1-3H3,(H,19,20,21). The van der Waals surface area contributed by atoms with E-state index in [2.05, 4.69) is 22.2 Å². The minimum atomic E-state index is 0.528. The van der Waals surface area contributed by atoms with Crippen molar-refractivity contribution in [2.75, 3.05) is 11.9 Å². The molecular weight excluding hydrogens is 305 g/mol. The van der Waals surface area contributed by atoms with Gasteiger partial charge in [-0.3, -0.25) is 0 Å². The molecular formula is C16H19Cl2N3. The number of anilines is 1. The lowest BCUT2D eigenvalue weighted by Crippen LogP contribution is -2.09. The van der Waals surface area contributed by atoms with Gasteiger partial charge in [0.05, 0.1) is 0 Å². The van der Waals surface area contributed by atoms with Gasteiger partial charge in [-0.05, 0) is 38.0 Å². The fraction of sp³-hybridized carbons (Fsp3) is 0.375. The molecule has 3 nitrogen and oxygen atoms in total. The average molecular weight is 324 g/mol. The lowest BCUT2D eigenvalue weighted by molar-refractivity contribution is 0.904. The molecule has 0 saturated carbocycles. The Morgan fingerprint density at radius 2 is 1.76 bits per heavy atom. The van der Waals surface area contributed by atoms with E-state index in [-0.39, 0.29) is 0 Å². The van der Waals surface area contributed by atoms with Crippen LogP contribution in [0.15, 0.2) is 18.2 Å². The Morgan fingerprint density at radius 3 is 2.38 bits per heavy atom. The summed E-state index contributed by atoms with van der Waals surface area (Å²) in [5, 5.41) is 4.63. The lowest BCUT2D eigenvalue weighted by atomic mass is 10.1. The molecule has 1 aromatic carbocycles. The first-order valence-corrected chi connectivity index (χ1v) is 7.79. The maximum Gasteiger partial charge on any atom is 0.135 e. The predicted octanol–water partition coefficient (Wildman–Crippen LogP) is 4.81. The van der Waals surface area contributed by atoms with Gasteiger partial charge in [0.1, 0.15) is 11.6 Å². The molecule has 0 bridgehead atoms. The van der Waals surface area contributed by atoms with Crippen LogP contribution in [0.5, 0.6) is 0 Å². The van der Waals surface area contributed by atoms with Crippen molar-refractivity contribution < 1.29 is 0 Å². The Labute approximate surface area is 135 Å². The van der Waals surface area contributed by atoms with E-state index in [1.807, 2.05) is 32.0 Å². The Kier molecular flexibility index (Phi) is 5.43. The number of hydrogen-bond donors (Lipinski definition) is 1. The third-order valence-electron chi connectivity index (χ3n) is 3.37. The summed E-state index contributed by atoms with van der Waals surface area (Å²) in [5.41, 5.74) is 2.92. The molecule has 0 spiro atoms. The van der Waals surface area contributed by atoms with Crippen LogP contribution < -0.4 is 5.32 Å². The van der Waals surface area contributed by atoms with Crippen molar-refractivity contribution >= 4 is 29.0 Å². The SMILES string of the molecule is CCCNc1nc(Cc2c(Cl)cccc2Cl)nc(C)c1C. The molecule has 21 heavy (non-hydrogen) atoms. The summed E-state index contributed by atoms with van der Waals surface area (Å²) >= 11 is 12.4. The fourth-order valence-corrected chi connectivity index (χ4v) is 2.57. The van der Waals surface area contributed by atoms with Crippen LogP contribution in [0, 0.1) is 13.8 Å². The van der Waals surface area contributed by atoms with Gasteiger partial charge in [-0.15, -0.1) is 0 Å². The Balaban J connectivity index is 2.34. The summed E-state index contributed by atoms with van der Waals surface area (Å²) in [7, 11) is 0. The van der Waals surface area contributed by atoms with Gasteiger partial charge in [0.2, 0.25) is 0 Å². The fourth-order valence-electron chi connectivity index (χ4n) is 2.04. The minimum absolute atomic E-state index is 0.528. The number of aromatic nitrogens is 2. The second-order valence-corrected chi connectivity index (χ2v) is 5.82. The van der Waals surface area contributed by atoms with E-state index in [0.29, 0.717) is 16.5 Å². The highest BCUT2D eigenvalue weighted by Crippen LogP contribution is 2.27. The molecule has 5 heteroatoms. The van der Waals surface area contributed by atoms with Gasteiger partial charge in [0.25, 0.3) is 0 Å². The zero-order valence-corrected chi connectivity index (χ0v) is 14.0. The van der Waals surface area contributed by atoms with Gasteiger partial charge in [-0.25, -0.2) is 9.97 Å². The Morgan fingerprint density at radius 1 is 1.10 bits per heavy atom. The monoisotopic (exact) mass is 323 g/mol. The van der Waals surface area contributed by atoms with Crippen LogP contribution in [0.25, 0.3) is 0 Å². The molecule has 0 unspecified atom stereocenters. The molecule has 112 valence electrons. The van der Waals surface area contributed by atoms with Crippen molar-refractivity contribution in [1.82, 2.24) is 9.97 Å². The number of nitrogens with zero attached hydrogens (tertiary/aromatic N) is 2. The molecule has 0 amide bonds. The quantitative estimate of drug-likeness (QED) is 0.857. The van der Waals surface area contributed by atoms with E-state index >= 15 is 0 Å². The summed E-state index contributed by atoms with van der Waals surface area (Å²) in [6.07, 6.45) is 1.58. The molecule has 0 aliphatic carbocycles. The van der Waals surface area contributed by atoms with Crippen LogP contribution in [0.4, 0.5) is 5.82 Å². The van der Waals surface area contributed by atoms with Crippen LogP contribution in [0.1, 0.15) is 36.0 Å². The maximum absolute atomic E-state index is 6.22. The zero-order valence-electron chi connectivity index (χ0n) is 12.5. The van der Waals surface area contributed by atoms with Gasteiger partial charge in [0.15, 0.2) is 0 Å². The second-order valence-electron chi connectivity index (χ2n) is 5.00. The van der Waals surface area contributed by atoms with Gasteiger partial charge < -0.3 is 5.32 Å². The maximum atomic E-state index is 6.22. The van der Waals surface area contributed by atoms with Crippen molar-refractivity contribution in [1.29, 1.82) is 0 Å². The molecule has 1 heterocycles. The third kappa shape index (κ3) is 3.86. The second kappa shape index (κ2) is 7.10. The van der Waals surface area contributed by atoms with Crippen molar-refractivity contribution in [2.45, 2.75) is 33.6 Å². The van der Waals surface area contributed by atoms with Crippen LogP contribution in [0.2, 0.25) is 10.0 Å². The molecule has 0 aliphatic heterocycles. The number of benzene rings is 1. The number of hydrogen-bond acceptors (Lipinski definition) is 3. The van der Waals surface area contributed by atoms with Crippen molar-refractivity contribution in [3.8, 4) is 0 Å². The Bertz CT molecular complexity index is 621. The van der Waals surface area contributed by atoms with Gasteiger partial charge >= 0.3 is 0 Å². The number of rotatable bonds is 5. The van der Waals surface area contributed by atoms with E-state index in [1.165, 1.54) is 0 Å². The van der Waals surface area contributed by atoms with Crippen LogP contribution in [-0.2, 0) is 6.42 Å². The van der Waals surface area contributed by atoms with Crippen LogP contribution in [0.3, 0.4) is 0 Å². The van der Waals surface area contributed by atoms with Crippen molar-refractivity contribution in [2.24, 2.45) is 0 Å². The largest absolute Gasteiger partial charge is 0.370 e. The van der Waals surface area contributed by atoms with E-state index < -0.39 is 0 Å².